The Morgan fingerprint density at radius 1 is 1.54 bits per heavy atom. The minimum absolute atomic E-state index is 0.977. The molecule has 0 amide bonds. The van der Waals surface area contributed by atoms with Crippen LogP contribution >= 0.6 is 0 Å². The summed E-state index contributed by atoms with van der Waals surface area (Å²) in [6.45, 7) is 0.977. The molecule has 1 N–H and O–H groups in total. The van der Waals surface area contributed by atoms with E-state index in [2.05, 4.69) is 21.7 Å². The molecular formula is C9H12N4. The molecule has 13 heavy (non-hydrogen) atoms. The summed E-state index contributed by atoms with van der Waals surface area (Å²) in [6.07, 6.45) is 4.71. The maximum Gasteiger partial charge on any atom is 0.0897 e. The number of rotatable bonds is 3. The first kappa shape index (κ1) is 8.19. The number of likely N-dealkylation sites (N-methyl/N-ethyl adjacent to an activating group) is 1. The van der Waals surface area contributed by atoms with E-state index in [1.54, 1.807) is 10.7 Å². The molecule has 0 radical (unpaired) electrons. The van der Waals surface area contributed by atoms with Gasteiger partial charge in [-0.3, -0.25) is 0 Å². The molecule has 4 heteroatoms. The van der Waals surface area contributed by atoms with Crippen molar-refractivity contribution < 1.29 is 0 Å². The van der Waals surface area contributed by atoms with E-state index in [1.807, 2.05) is 19.3 Å². The van der Waals surface area contributed by atoms with Gasteiger partial charge >= 0.3 is 0 Å². The molecule has 0 aliphatic carbocycles. The van der Waals surface area contributed by atoms with Crippen molar-refractivity contribution in [3.8, 4) is 0 Å². The zero-order chi connectivity index (χ0) is 9.10. The molecule has 0 atom stereocenters. The third kappa shape index (κ3) is 1.53. The molecule has 0 spiro atoms. The van der Waals surface area contributed by atoms with Crippen LogP contribution in [0.1, 0.15) is 5.56 Å². The molecule has 0 saturated heterocycles. The highest BCUT2D eigenvalue weighted by atomic mass is 15.4. The van der Waals surface area contributed by atoms with E-state index in [9.17, 15) is 0 Å². The molecule has 2 aromatic rings. The normalized spacial score (nSPS) is 10.8. The molecule has 0 bridgehead atoms. The second-order valence-electron chi connectivity index (χ2n) is 2.95. The van der Waals surface area contributed by atoms with Crippen molar-refractivity contribution in [2.24, 2.45) is 0 Å². The second kappa shape index (κ2) is 3.53. The summed E-state index contributed by atoms with van der Waals surface area (Å²) in [5, 5.41) is 10.9. The van der Waals surface area contributed by atoms with Crippen molar-refractivity contribution in [3.05, 3.63) is 30.1 Å². The van der Waals surface area contributed by atoms with Gasteiger partial charge in [0.1, 0.15) is 0 Å². The molecule has 4 nitrogen and oxygen atoms in total. The summed E-state index contributed by atoms with van der Waals surface area (Å²) in [7, 11) is 1.95. The number of hydrogen-bond acceptors (Lipinski definition) is 3. The number of fused-ring (bicyclic) bond motifs is 1. The van der Waals surface area contributed by atoms with Crippen molar-refractivity contribution >= 4 is 5.52 Å². The van der Waals surface area contributed by atoms with Gasteiger partial charge in [-0.1, -0.05) is 11.3 Å². The highest BCUT2D eigenvalue weighted by Gasteiger charge is 2.00. The summed E-state index contributed by atoms with van der Waals surface area (Å²) in [4.78, 5) is 0. The van der Waals surface area contributed by atoms with Gasteiger partial charge in [-0.2, -0.15) is 0 Å². The fourth-order valence-corrected chi connectivity index (χ4v) is 1.38. The predicted molar refractivity (Wildman–Crippen MR) is 50.6 cm³/mol. The zero-order valence-corrected chi connectivity index (χ0v) is 7.57. The van der Waals surface area contributed by atoms with Gasteiger partial charge in [0.15, 0.2) is 0 Å². The Morgan fingerprint density at radius 3 is 3.31 bits per heavy atom. The lowest BCUT2D eigenvalue weighted by atomic mass is 10.2. The lowest BCUT2D eigenvalue weighted by Gasteiger charge is -2.01. The van der Waals surface area contributed by atoms with Gasteiger partial charge in [0, 0.05) is 6.20 Å². The Morgan fingerprint density at radius 2 is 2.46 bits per heavy atom. The van der Waals surface area contributed by atoms with E-state index >= 15 is 0 Å². The topological polar surface area (TPSA) is 42.2 Å². The SMILES string of the molecule is CNCCc1cccn2nncc12. The molecule has 0 aliphatic heterocycles. The molecule has 0 unspecified atom stereocenters. The van der Waals surface area contributed by atoms with Gasteiger partial charge in [0.2, 0.25) is 0 Å². The van der Waals surface area contributed by atoms with E-state index < -0.39 is 0 Å². The molecule has 2 rings (SSSR count). The average Bonchev–Trinajstić information content (AvgIpc) is 2.62. The van der Waals surface area contributed by atoms with Crippen LogP contribution in [-0.4, -0.2) is 28.4 Å². The summed E-state index contributed by atoms with van der Waals surface area (Å²) in [5.74, 6) is 0. The van der Waals surface area contributed by atoms with Crippen LogP contribution in [-0.2, 0) is 6.42 Å². The van der Waals surface area contributed by atoms with E-state index in [0.29, 0.717) is 0 Å². The van der Waals surface area contributed by atoms with Crippen molar-refractivity contribution in [2.45, 2.75) is 6.42 Å². The first-order valence-corrected chi connectivity index (χ1v) is 4.34. The van der Waals surface area contributed by atoms with Crippen LogP contribution in [0, 0.1) is 0 Å². The second-order valence-corrected chi connectivity index (χ2v) is 2.95. The summed E-state index contributed by atoms with van der Waals surface area (Å²) in [6, 6.07) is 4.10. The van der Waals surface area contributed by atoms with E-state index in [0.717, 1.165) is 18.5 Å². The summed E-state index contributed by atoms with van der Waals surface area (Å²) < 4.78 is 1.80. The Hall–Kier alpha value is -1.42. The molecule has 2 heterocycles. The van der Waals surface area contributed by atoms with Crippen molar-refractivity contribution in [2.75, 3.05) is 13.6 Å². The molecular weight excluding hydrogens is 164 g/mol. The number of aromatic nitrogens is 3. The van der Waals surface area contributed by atoms with Gasteiger partial charge in [0.25, 0.3) is 0 Å². The highest BCUT2D eigenvalue weighted by molar-refractivity contribution is 5.51. The number of hydrogen-bond donors (Lipinski definition) is 1. The van der Waals surface area contributed by atoms with Crippen molar-refractivity contribution in [3.63, 3.8) is 0 Å². The highest BCUT2D eigenvalue weighted by Crippen LogP contribution is 2.08. The molecule has 0 saturated carbocycles. The monoisotopic (exact) mass is 176 g/mol. The van der Waals surface area contributed by atoms with Gasteiger partial charge in [-0.05, 0) is 31.6 Å². The van der Waals surface area contributed by atoms with Crippen molar-refractivity contribution in [1.29, 1.82) is 0 Å². The predicted octanol–water partition coefficient (Wildman–Crippen LogP) is 0.491. The standard InChI is InChI=1S/C9H12N4/c1-10-5-4-8-3-2-6-13-9(8)7-11-12-13/h2-3,6-7,10H,4-5H2,1H3. The molecule has 2 aromatic heterocycles. The third-order valence-corrected chi connectivity index (χ3v) is 2.07. The van der Waals surface area contributed by atoms with Crippen LogP contribution in [0.2, 0.25) is 0 Å². The minimum Gasteiger partial charge on any atom is -0.319 e. The summed E-state index contributed by atoms with van der Waals surface area (Å²) in [5.41, 5.74) is 2.37. The summed E-state index contributed by atoms with van der Waals surface area (Å²) >= 11 is 0. The number of pyridine rings is 1. The Balaban J connectivity index is 2.37. The van der Waals surface area contributed by atoms with Gasteiger partial charge in [-0.25, -0.2) is 4.52 Å². The largest absolute Gasteiger partial charge is 0.319 e. The van der Waals surface area contributed by atoms with E-state index in [-0.39, 0.29) is 0 Å². The van der Waals surface area contributed by atoms with Crippen LogP contribution in [0.3, 0.4) is 0 Å². The van der Waals surface area contributed by atoms with Crippen LogP contribution in [0.15, 0.2) is 24.5 Å². The molecule has 0 fully saturated rings. The van der Waals surface area contributed by atoms with Crippen LogP contribution in [0.4, 0.5) is 0 Å². The Kier molecular flexibility index (Phi) is 2.23. The van der Waals surface area contributed by atoms with E-state index in [1.165, 1.54) is 5.56 Å². The van der Waals surface area contributed by atoms with Crippen LogP contribution < -0.4 is 5.32 Å². The lowest BCUT2D eigenvalue weighted by Crippen LogP contribution is -2.10. The first-order chi connectivity index (χ1) is 6.42. The average molecular weight is 176 g/mol. The fraction of sp³-hybridized carbons (Fsp3) is 0.333. The quantitative estimate of drug-likeness (QED) is 0.740. The molecule has 0 aromatic carbocycles. The molecule has 0 aliphatic rings. The zero-order valence-electron chi connectivity index (χ0n) is 7.57. The van der Waals surface area contributed by atoms with Gasteiger partial charge in [-0.15, -0.1) is 5.10 Å². The number of nitrogens with zero attached hydrogens (tertiary/aromatic N) is 3. The van der Waals surface area contributed by atoms with Gasteiger partial charge < -0.3 is 5.32 Å². The third-order valence-electron chi connectivity index (χ3n) is 2.07. The smallest absolute Gasteiger partial charge is 0.0897 e. The maximum atomic E-state index is 3.93. The van der Waals surface area contributed by atoms with E-state index in [4.69, 9.17) is 0 Å². The fourth-order valence-electron chi connectivity index (χ4n) is 1.38. The van der Waals surface area contributed by atoms with Crippen LogP contribution in [0.25, 0.3) is 5.52 Å². The number of nitrogens with one attached hydrogen (secondary N) is 1. The van der Waals surface area contributed by atoms with Gasteiger partial charge in [0.05, 0.1) is 11.7 Å². The maximum absolute atomic E-state index is 3.93. The Labute approximate surface area is 76.6 Å². The van der Waals surface area contributed by atoms with Crippen LogP contribution in [0.5, 0.6) is 0 Å². The minimum atomic E-state index is 0.977. The first-order valence-electron chi connectivity index (χ1n) is 4.34. The Bertz CT molecular complexity index is 393. The molecule has 68 valence electrons. The van der Waals surface area contributed by atoms with Crippen molar-refractivity contribution in [1.82, 2.24) is 20.1 Å². The lowest BCUT2D eigenvalue weighted by molar-refractivity contribution is 0.787.